The van der Waals surface area contributed by atoms with Crippen LogP contribution < -0.4 is 5.32 Å². The number of anilines is 2. The molecule has 0 bridgehead atoms. The molecular weight excluding hydrogens is 268 g/mol. The number of hydrogen-bond donors (Lipinski definition) is 1. The Morgan fingerprint density at radius 1 is 1.19 bits per heavy atom. The number of benzene rings is 1. The molecule has 0 atom stereocenters. The largest absolute Gasteiger partial charge is 0.372 e. The Morgan fingerprint density at radius 3 is 2.71 bits per heavy atom. The molecule has 0 unspecified atom stereocenters. The van der Waals surface area contributed by atoms with Crippen molar-refractivity contribution >= 4 is 23.0 Å². The van der Waals surface area contributed by atoms with Crippen molar-refractivity contribution in [2.75, 3.05) is 5.32 Å². The fourth-order valence-corrected chi connectivity index (χ4v) is 2.20. The van der Waals surface area contributed by atoms with Crippen molar-refractivity contribution in [2.24, 2.45) is 0 Å². The van der Waals surface area contributed by atoms with Gasteiger partial charge in [0.25, 0.3) is 0 Å². The molecule has 2 heterocycles. The quantitative estimate of drug-likeness (QED) is 0.588. The van der Waals surface area contributed by atoms with Gasteiger partial charge in [0.15, 0.2) is 0 Å². The lowest BCUT2D eigenvalue weighted by Gasteiger charge is -2.06. The van der Waals surface area contributed by atoms with E-state index in [1.807, 2.05) is 32.0 Å². The number of aryl methyl sites for hydroxylation is 2. The van der Waals surface area contributed by atoms with E-state index in [4.69, 9.17) is 0 Å². The molecule has 1 aromatic carbocycles. The number of nitro groups is 1. The van der Waals surface area contributed by atoms with Crippen LogP contribution in [-0.4, -0.2) is 14.3 Å². The molecule has 0 fully saturated rings. The summed E-state index contributed by atoms with van der Waals surface area (Å²) in [6, 6.07) is 11.1. The number of imidazole rings is 1. The van der Waals surface area contributed by atoms with E-state index in [9.17, 15) is 10.1 Å². The van der Waals surface area contributed by atoms with Crippen LogP contribution in [0.15, 0.2) is 42.6 Å². The zero-order valence-corrected chi connectivity index (χ0v) is 11.7. The second-order valence-corrected chi connectivity index (χ2v) is 4.89. The number of hydrogen-bond acceptors (Lipinski definition) is 4. The summed E-state index contributed by atoms with van der Waals surface area (Å²) in [6.07, 6.45) is 1.63. The molecule has 0 amide bonds. The van der Waals surface area contributed by atoms with Gasteiger partial charge in [-0.2, -0.15) is 9.38 Å². The minimum atomic E-state index is -0.427. The average Bonchev–Trinajstić information content (AvgIpc) is 2.80. The number of aromatic nitrogens is 2. The first-order valence-electron chi connectivity index (χ1n) is 6.52. The van der Waals surface area contributed by atoms with Gasteiger partial charge in [0.2, 0.25) is 11.5 Å². The highest BCUT2D eigenvalue weighted by Crippen LogP contribution is 2.28. The highest BCUT2D eigenvalue weighted by Gasteiger charge is 2.22. The van der Waals surface area contributed by atoms with E-state index in [-0.39, 0.29) is 11.6 Å². The monoisotopic (exact) mass is 282 g/mol. The molecule has 0 aliphatic heterocycles. The maximum atomic E-state index is 11.3. The van der Waals surface area contributed by atoms with Crippen molar-refractivity contribution in [1.29, 1.82) is 0 Å². The van der Waals surface area contributed by atoms with E-state index in [1.54, 1.807) is 24.4 Å². The molecule has 3 rings (SSSR count). The Labute approximate surface area is 121 Å². The van der Waals surface area contributed by atoms with Crippen molar-refractivity contribution in [1.82, 2.24) is 9.38 Å². The Bertz CT molecular complexity index is 839. The molecule has 3 aromatic rings. The number of nitrogens with one attached hydrogen (secondary N) is 1. The van der Waals surface area contributed by atoms with Gasteiger partial charge in [-0.05, 0) is 48.1 Å². The average molecular weight is 282 g/mol. The highest BCUT2D eigenvalue weighted by molar-refractivity contribution is 5.69. The summed E-state index contributed by atoms with van der Waals surface area (Å²) >= 11 is 0. The minimum absolute atomic E-state index is 0.0659. The number of fused-ring (bicyclic) bond motifs is 1. The predicted molar refractivity (Wildman–Crippen MR) is 81.0 cm³/mol. The van der Waals surface area contributed by atoms with Gasteiger partial charge in [-0.1, -0.05) is 12.1 Å². The second kappa shape index (κ2) is 4.90. The third kappa shape index (κ3) is 2.31. The van der Waals surface area contributed by atoms with Crippen molar-refractivity contribution < 1.29 is 4.92 Å². The molecular formula is C15H14N4O2. The Kier molecular flexibility index (Phi) is 3.06. The predicted octanol–water partition coefficient (Wildman–Crippen LogP) is 3.60. The van der Waals surface area contributed by atoms with Crippen LogP contribution in [0.4, 0.5) is 17.3 Å². The van der Waals surface area contributed by atoms with Crippen LogP contribution >= 0.6 is 0 Å². The van der Waals surface area contributed by atoms with Crippen molar-refractivity contribution in [2.45, 2.75) is 13.8 Å². The van der Waals surface area contributed by atoms with E-state index in [2.05, 4.69) is 10.3 Å². The zero-order valence-electron chi connectivity index (χ0n) is 11.7. The molecule has 0 radical (unpaired) electrons. The Hall–Kier alpha value is -2.89. The first kappa shape index (κ1) is 13.1. The van der Waals surface area contributed by atoms with Gasteiger partial charge in [-0.3, -0.25) is 0 Å². The van der Waals surface area contributed by atoms with Gasteiger partial charge in [-0.15, -0.1) is 0 Å². The molecule has 0 saturated heterocycles. The van der Waals surface area contributed by atoms with E-state index >= 15 is 0 Å². The summed E-state index contributed by atoms with van der Waals surface area (Å²) in [6.45, 7) is 4.02. The van der Waals surface area contributed by atoms with Gasteiger partial charge < -0.3 is 15.4 Å². The zero-order chi connectivity index (χ0) is 15.0. The van der Waals surface area contributed by atoms with Gasteiger partial charge in [0, 0.05) is 11.8 Å². The summed E-state index contributed by atoms with van der Waals surface area (Å²) in [5.41, 5.74) is 3.61. The van der Waals surface area contributed by atoms with Crippen LogP contribution in [0.5, 0.6) is 0 Å². The van der Waals surface area contributed by atoms with Gasteiger partial charge >= 0.3 is 5.82 Å². The van der Waals surface area contributed by atoms with Gasteiger partial charge in [-0.25, -0.2) is 0 Å². The third-order valence-corrected chi connectivity index (χ3v) is 3.45. The van der Waals surface area contributed by atoms with E-state index in [1.165, 1.54) is 9.96 Å². The van der Waals surface area contributed by atoms with E-state index in [0.717, 1.165) is 11.3 Å². The second-order valence-electron chi connectivity index (χ2n) is 4.89. The molecule has 6 heteroatoms. The van der Waals surface area contributed by atoms with Crippen LogP contribution in [0.25, 0.3) is 5.65 Å². The van der Waals surface area contributed by atoms with Crippen LogP contribution in [0.1, 0.15) is 11.1 Å². The van der Waals surface area contributed by atoms with Gasteiger partial charge in [0.1, 0.15) is 0 Å². The molecule has 21 heavy (non-hydrogen) atoms. The van der Waals surface area contributed by atoms with Crippen molar-refractivity contribution in [3.8, 4) is 0 Å². The molecule has 0 aliphatic carbocycles. The lowest BCUT2D eigenvalue weighted by molar-refractivity contribution is -0.389. The summed E-state index contributed by atoms with van der Waals surface area (Å²) < 4.78 is 1.46. The molecule has 0 spiro atoms. The molecule has 106 valence electrons. The van der Waals surface area contributed by atoms with Crippen LogP contribution in [0, 0.1) is 24.0 Å². The maximum Gasteiger partial charge on any atom is 0.372 e. The standard InChI is InChI=1S/C15H14N4O2/c1-10-6-7-12(9-11(10)2)16-14-15(19(20)21)18-8-4-3-5-13(18)17-14/h3-9,16H,1-2H3. The Morgan fingerprint density at radius 2 is 2.00 bits per heavy atom. The normalized spacial score (nSPS) is 10.8. The molecule has 0 aliphatic rings. The summed E-state index contributed by atoms with van der Waals surface area (Å²) in [4.78, 5) is 15.2. The highest BCUT2D eigenvalue weighted by atomic mass is 16.6. The van der Waals surface area contributed by atoms with Crippen molar-refractivity contribution in [3.63, 3.8) is 0 Å². The number of pyridine rings is 1. The van der Waals surface area contributed by atoms with Gasteiger partial charge in [0.05, 0.1) is 6.20 Å². The number of nitrogens with zero attached hydrogens (tertiary/aromatic N) is 3. The lowest BCUT2D eigenvalue weighted by atomic mass is 10.1. The van der Waals surface area contributed by atoms with Crippen LogP contribution in [0.3, 0.4) is 0 Å². The summed E-state index contributed by atoms with van der Waals surface area (Å²) in [7, 11) is 0. The number of rotatable bonds is 3. The summed E-state index contributed by atoms with van der Waals surface area (Å²) in [5.74, 6) is 0.179. The lowest BCUT2D eigenvalue weighted by Crippen LogP contribution is -1.99. The van der Waals surface area contributed by atoms with Crippen molar-refractivity contribution in [3.05, 3.63) is 63.8 Å². The first-order chi connectivity index (χ1) is 10.1. The minimum Gasteiger partial charge on any atom is -0.358 e. The third-order valence-electron chi connectivity index (χ3n) is 3.45. The van der Waals surface area contributed by atoms with Crippen LogP contribution in [0.2, 0.25) is 0 Å². The Balaban J connectivity index is 2.09. The molecule has 6 nitrogen and oxygen atoms in total. The first-order valence-corrected chi connectivity index (χ1v) is 6.52. The summed E-state index contributed by atoms with van der Waals surface area (Å²) in [5, 5.41) is 14.4. The smallest absolute Gasteiger partial charge is 0.358 e. The molecule has 1 N–H and O–H groups in total. The molecule has 0 saturated carbocycles. The topological polar surface area (TPSA) is 72.5 Å². The SMILES string of the molecule is Cc1ccc(Nc2nc3ccccn3c2[N+](=O)[O-])cc1C. The maximum absolute atomic E-state index is 11.3. The van der Waals surface area contributed by atoms with E-state index < -0.39 is 4.92 Å². The van der Waals surface area contributed by atoms with E-state index in [0.29, 0.717) is 5.65 Å². The fourth-order valence-electron chi connectivity index (χ4n) is 2.20. The fraction of sp³-hybridized carbons (Fsp3) is 0.133. The molecule has 2 aromatic heterocycles. The van der Waals surface area contributed by atoms with Crippen LogP contribution in [-0.2, 0) is 0 Å².